The number of rotatable bonds is 5. The molecule has 0 saturated carbocycles. The molecular formula is C18H15F2N3O2. The molecule has 0 fully saturated rings. The molecule has 3 rings (SSSR count). The van der Waals surface area contributed by atoms with Gasteiger partial charge in [-0.05, 0) is 48.9 Å². The van der Waals surface area contributed by atoms with Crippen molar-refractivity contribution in [3.05, 3.63) is 71.6 Å². The Balaban J connectivity index is 1.64. The number of carbonyl (C=O) groups is 1. The van der Waals surface area contributed by atoms with E-state index in [0.717, 1.165) is 0 Å². The molecule has 0 unspecified atom stereocenters. The largest absolute Gasteiger partial charge is 0.344 e. The van der Waals surface area contributed by atoms with Crippen molar-refractivity contribution < 1.29 is 18.1 Å². The van der Waals surface area contributed by atoms with E-state index in [2.05, 4.69) is 15.5 Å². The third-order valence-corrected chi connectivity index (χ3v) is 3.55. The molecule has 0 radical (unpaired) electrons. The molecule has 0 aliphatic heterocycles. The third-order valence-electron chi connectivity index (χ3n) is 3.55. The lowest BCUT2D eigenvalue weighted by molar-refractivity contribution is -0.121. The number of amides is 1. The smallest absolute Gasteiger partial charge is 0.249 e. The molecule has 7 heteroatoms. The number of benzene rings is 2. The van der Waals surface area contributed by atoms with Crippen LogP contribution in [-0.2, 0) is 11.2 Å². The van der Waals surface area contributed by atoms with Crippen molar-refractivity contribution in [1.29, 1.82) is 0 Å². The summed E-state index contributed by atoms with van der Waals surface area (Å²) in [6, 6.07) is 11.0. The van der Waals surface area contributed by atoms with E-state index >= 15 is 0 Å². The van der Waals surface area contributed by atoms with Gasteiger partial charge in [0.15, 0.2) is 0 Å². The van der Waals surface area contributed by atoms with Crippen LogP contribution < -0.4 is 5.32 Å². The maximum Gasteiger partial charge on any atom is 0.249 e. The number of aromatic nitrogens is 2. The van der Waals surface area contributed by atoms with Crippen LogP contribution in [0.1, 0.15) is 24.4 Å². The predicted molar refractivity (Wildman–Crippen MR) is 86.4 cm³/mol. The maximum atomic E-state index is 13.1. The van der Waals surface area contributed by atoms with Crippen LogP contribution >= 0.6 is 0 Å². The Hall–Kier alpha value is -3.09. The minimum absolute atomic E-state index is 0.0427. The normalized spacial score (nSPS) is 12.0. The molecule has 128 valence electrons. The van der Waals surface area contributed by atoms with Gasteiger partial charge < -0.3 is 9.84 Å². The van der Waals surface area contributed by atoms with Gasteiger partial charge in [0.1, 0.15) is 17.7 Å². The van der Waals surface area contributed by atoms with Crippen LogP contribution in [0.4, 0.5) is 8.78 Å². The fraction of sp³-hybridized carbons (Fsp3) is 0.167. The quantitative estimate of drug-likeness (QED) is 0.771. The van der Waals surface area contributed by atoms with Crippen LogP contribution in [0.5, 0.6) is 0 Å². The molecule has 1 amide bonds. The average molecular weight is 343 g/mol. The first-order chi connectivity index (χ1) is 12.0. The molecule has 3 aromatic rings. The highest BCUT2D eigenvalue weighted by molar-refractivity contribution is 5.78. The van der Waals surface area contributed by atoms with E-state index in [4.69, 9.17) is 4.52 Å². The summed E-state index contributed by atoms with van der Waals surface area (Å²) in [5.41, 5.74) is 1.18. The predicted octanol–water partition coefficient (Wildman–Crippen LogP) is 3.43. The highest BCUT2D eigenvalue weighted by atomic mass is 19.1. The second kappa shape index (κ2) is 7.21. The molecule has 2 aromatic carbocycles. The molecule has 0 saturated heterocycles. The van der Waals surface area contributed by atoms with Crippen LogP contribution in [0, 0.1) is 11.6 Å². The Labute approximate surface area is 142 Å². The van der Waals surface area contributed by atoms with Crippen molar-refractivity contribution in [1.82, 2.24) is 15.5 Å². The first-order valence-corrected chi connectivity index (χ1v) is 7.64. The van der Waals surface area contributed by atoms with Gasteiger partial charge in [-0.15, -0.1) is 0 Å². The van der Waals surface area contributed by atoms with Crippen LogP contribution in [0.2, 0.25) is 0 Å². The van der Waals surface area contributed by atoms with Gasteiger partial charge in [0, 0.05) is 5.56 Å². The van der Waals surface area contributed by atoms with E-state index in [9.17, 15) is 13.6 Å². The Morgan fingerprint density at radius 3 is 2.64 bits per heavy atom. The first-order valence-electron chi connectivity index (χ1n) is 7.64. The van der Waals surface area contributed by atoms with Crippen LogP contribution in [0.15, 0.2) is 53.1 Å². The monoisotopic (exact) mass is 343 g/mol. The zero-order valence-corrected chi connectivity index (χ0v) is 13.4. The number of hydrogen-bond acceptors (Lipinski definition) is 4. The maximum absolute atomic E-state index is 13.1. The molecule has 0 aliphatic carbocycles. The van der Waals surface area contributed by atoms with E-state index in [1.807, 2.05) is 0 Å². The highest BCUT2D eigenvalue weighted by Gasteiger charge is 2.17. The third kappa shape index (κ3) is 4.26. The molecule has 0 spiro atoms. The van der Waals surface area contributed by atoms with Gasteiger partial charge in [0.2, 0.25) is 17.6 Å². The summed E-state index contributed by atoms with van der Waals surface area (Å²) < 4.78 is 31.2. The standard InChI is InChI=1S/C18H15F2N3O2/c1-11(21-16(24)10-12-3-2-4-15(20)9-12)18-22-17(23-25-18)13-5-7-14(19)8-6-13/h2-9,11H,10H2,1H3,(H,21,24)/t11-/m1/s1. The lowest BCUT2D eigenvalue weighted by atomic mass is 10.1. The summed E-state index contributed by atoms with van der Waals surface area (Å²) in [5, 5.41) is 6.55. The Kier molecular flexibility index (Phi) is 4.83. The summed E-state index contributed by atoms with van der Waals surface area (Å²) in [6.07, 6.45) is 0.0427. The molecule has 1 N–H and O–H groups in total. The molecule has 5 nitrogen and oxygen atoms in total. The van der Waals surface area contributed by atoms with Crippen LogP contribution in [0.3, 0.4) is 0 Å². The number of carbonyl (C=O) groups excluding carboxylic acids is 1. The summed E-state index contributed by atoms with van der Waals surface area (Å²) >= 11 is 0. The molecule has 1 atom stereocenters. The van der Waals surface area contributed by atoms with Crippen molar-refractivity contribution in [2.45, 2.75) is 19.4 Å². The van der Waals surface area contributed by atoms with Crippen molar-refractivity contribution in [2.75, 3.05) is 0 Å². The molecule has 1 heterocycles. The van der Waals surface area contributed by atoms with E-state index in [1.54, 1.807) is 19.1 Å². The molecule has 0 bridgehead atoms. The molecule has 25 heavy (non-hydrogen) atoms. The number of nitrogens with one attached hydrogen (secondary N) is 1. The van der Waals surface area contributed by atoms with Crippen molar-refractivity contribution in [3.8, 4) is 11.4 Å². The fourth-order valence-electron chi connectivity index (χ4n) is 2.31. The number of hydrogen-bond donors (Lipinski definition) is 1. The lowest BCUT2D eigenvalue weighted by Crippen LogP contribution is -2.28. The van der Waals surface area contributed by atoms with Crippen molar-refractivity contribution >= 4 is 5.91 Å². The number of halogens is 2. The van der Waals surface area contributed by atoms with Gasteiger partial charge in [-0.3, -0.25) is 4.79 Å². The lowest BCUT2D eigenvalue weighted by Gasteiger charge is -2.09. The Bertz CT molecular complexity index is 878. The van der Waals surface area contributed by atoms with E-state index < -0.39 is 6.04 Å². The van der Waals surface area contributed by atoms with Crippen molar-refractivity contribution in [2.24, 2.45) is 0 Å². The summed E-state index contributed by atoms with van der Waals surface area (Å²) in [5.74, 6) is -0.502. The van der Waals surface area contributed by atoms with Gasteiger partial charge in [-0.1, -0.05) is 17.3 Å². The van der Waals surface area contributed by atoms with Gasteiger partial charge in [-0.2, -0.15) is 4.98 Å². The minimum atomic E-state index is -0.511. The van der Waals surface area contributed by atoms with E-state index in [0.29, 0.717) is 17.0 Å². The Morgan fingerprint density at radius 1 is 1.16 bits per heavy atom. The van der Waals surface area contributed by atoms with Gasteiger partial charge in [0.05, 0.1) is 6.42 Å². The van der Waals surface area contributed by atoms with Gasteiger partial charge in [0.25, 0.3) is 0 Å². The van der Waals surface area contributed by atoms with Gasteiger partial charge >= 0.3 is 0 Å². The van der Waals surface area contributed by atoms with Crippen LogP contribution in [-0.4, -0.2) is 16.0 Å². The second-order valence-corrected chi connectivity index (χ2v) is 5.56. The fourth-order valence-corrected chi connectivity index (χ4v) is 2.31. The van der Waals surface area contributed by atoms with E-state index in [-0.39, 0.29) is 29.9 Å². The minimum Gasteiger partial charge on any atom is -0.344 e. The SMILES string of the molecule is C[C@@H](NC(=O)Cc1cccc(F)c1)c1nc(-c2ccc(F)cc2)no1. The average Bonchev–Trinajstić information content (AvgIpc) is 3.05. The summed E-state index contributed by atoms with van der Waals surface area (Å²) in [6.45, 7) is 1.70. The zero-order chi connectivity index (χ0) is 17.8. The van der Waals surface area contributed by atoms with Crippen LogP contribution in [0.25, 0.3) is 11.4 Å². The summed E-state index contributed by atoms with van der Waals surface area (Å²) in [4.78, 5) is 16.3. The molecule has 0 aliphatic rings. The first kappa shape index (κ1) is 16.8. The molecule has 1 aromatic heterocycles. The highest BCUT2D eigenvalue weighted by Crippen LogP contribution is 2.19. The van der Waals surface area contributed by atoms with Crippen molar-refractivity contribution in [3.63, 3.8) is 0 Å². The second-order valence-electron chi connectivity index (χ2n) is 5.56. The number of nitrogens with zero attached hydrogens (tertiary/aromatic N) is 2. The zero-order valence-electron chi connectivity index (χ0n) is 13.4. The summed E-state index contributed by atoms with van der Waals surface area (Å²) in [7, 11) is 0. The van der Waals surface area contributed by atoms with E-state index in [1.165, 1.54) is 36.4 Å². The van der Waals surface area contributed by atoms with Gasteiger partial charge in [-0.25, -0.2) is 8.78 Å². The Morgan fingerprint density at radius 2 is 1.92 bits per heavy atom. The topological polar surface area (TPSA) is 68.0 Å². The molecular weight excluding hydrogens is 328 g/mol.